The first-order chi connectivity index (χ1) is 10.1. The van der Waals surface area contributed by atoms with Crippen LogP contribution in [0.2, 0.25) is 5.02 Å². The molecule has 1 atom stereocenters. The molecule has 0 spiro atoms. The third kappa shape index (κ3) is 2.66. The van der Waals surface area contributed by atoms with Gasteiger partial charge in [-0.05, 0) is 49.2 Å². The van der Waals surface area contributed by atoms with E-state index >= 15 is 0 Å². The summed E-state index contributed by atoms with van der Waals surface area (Å²) in [5.74, 6) is 0.753. The van der Waals surface area contributed by atoms with E-state index in [0.717, 1.165) is 18.7 Å². The molecule has 2 aromatic carbocycles. The van der Waals surface area contributed by atoms with Crippen molar-refractivity contribution in [2.75, 3.05) is 20.7 Å². The second-order valence-electron chi connectivity index (χ2n) is 5.73. The second kappa shape index (κ2) is 5.70. The van der Waals surface area contributed by atoms with Gasteiger partial charge in [0.05, 0.1) is 18.2 Å². The van der Waals surface area contributed by atoms with Gasteiger partial charge in [-0.25, -0.2) is 0 Å². The summed E-state index contributed by atoms with van der Waals surface area (Å²) in [6, 6.07) is 13.2. The van der Waals surface area contributed by atoms with Crippen molar-refractivity contribution in [1.29, 1.82) is 0 Å². The van der Waals surface area contributed by atoms with Crippen molar-refractivity contribution >= 4 is 11.6 Å². The van der Waals surface area contributed by atoms with Crippen LogP contribution < -0.4 is 4.74 Å². The van der Waals surface area contributed by atoms with Crippen LogP contribution in [0.25, 0.3) is 0 Å². The molecule has 0 bridgehead atoms. The molecule has 0 radical (unpaired) electrons. The zero-order chi connectivity index (χ0) is 15.0. The third-order valence-corrected chi connectivity index (χ3v) is 4.57. The highest BCUT2D eigenvalue weighted by Crippen LogP contribution is 2.39. The Morgan fingerprint density at radius 2 is 1.90 bits per heavy atom. The smallest absolute Gasteiger partial charge is 0.137 e. The van der Waals surface area contributed by atoms with E-state index in [4.69, 9.17) is 16.3 Å². The molecular formula is C18H20ClNO. The molecule has 2 aromatic rings. The standard InChI is InChI=1S/C18H20ClNO/c1-12-4-6-13(7-5-12)18-15-11-17(21-3)16(19)10-14(15)8-9-20(18)2/h4-7,10-11,18H,8-9H2,1-3H3. The molecule has 0 amide bonds. The summed E-state index contributed by atoms with van der Waals surface area (Å²) in [4.78, 5) is 2.39. The van der Waals surface area contributed by atoms with Gasteiger partial charge in [0.25, 0.3) is 0 Å². The number of methoxy groups -OCH3 is 1. The number of ether oxygens (including phenoxy) is 1. The predicted octanol–water partition coefficient (Wildman–Crippen LogP) is 4.23. The molecule has 0 N–H and O–H groups in total. The molecule has 0 fully saturated rings. The summed E-state index contributed by atoms with van der Waals surface area (Å²) >= 11 is 6.27. The van der Waals surface area contributed by atoms with Gasteiger partial charge in [-0.15, -0.1) is 0 Å². The van der Waals surface area contributed by atoms with Gasteiger partial charge < -0.3 is 4.74 Å². The predicted molar refractivity (Wildman–Crippen MR) is 87.4 cm³/mol. The number of nitrogens with zero attached hydrogens (tertiary/aromatic N) is 1. The molecule has 1 heterocycles. The zero-order valence-electron chi connectivity index (χ0n) is 12.7. The van der Waals surface area contributed by atoms with E-state index < -0.39 is 0 Å². The average molecular weight is 302 g/mol. The maximum Gasteiger partial charge on any atom is 0.137 e. The third-order valence-electron chi connectivity index (χ3n) is 4.28. The van der Waals surface area contributed by atoms with Crippen LogP contribution in [0.15, 0.2) is 36.4 Å². The fourth-order valence-electron chi connectivity index (χ4n) is 3.08. The second-order valence-corrected chi connectivity index (χ2v) is 6.14. The lowest BCUT2D eigenvalue weighted by Crippen LogP contribution is -2.32. The van der Waals surface area contributed by atoms with Crippen LogP contribution in [-0.2, 0) is 6.42 Å². The van der Waals surface area contributed by atoms with Gasteiger partial charge in [-0.1, -0.05) is 41.4 Å². The van der Waals surface area contributed by atoms with Crippen molar-refractivity contribution in [3.63, 3.8) is 0 Å². The number of rotatable bonds is 2. The monoisotopic (exact) mass is 301 g/mol. The first-order valence-corrected chi connectivity index (χ1v) is 7.61. The van der Waals surface area contributed by atoms with Gasteiger partial charge in [0.2, 0.25) is 0 Å². The van der Waals surface area contributed by atoms with Crippen LogP contribution in [-0.4, -0.2) is 25.6 Å². The quantitative estimate of drug-likeness (QED) is 0.823. The van der Waals surface area contributed by atoms with Crippen LogP contribution in [0.1, 0.15) is 28.3 Å². The highest BCUT2D eigenvalue weighted by Gasteiger charge is 2.27. The van der Waals surface area contributed by atoms with Crippen LogP contribution >= 0.6 is 11.6 Å². The maximum absolute atomic E-state index is 6.27. The van der Waals surface area contributed by atoms with Crippen molar-refractivity contribution in [2.24, 2.45) is 0 Å². The number of aryl methyl sites for hydroxylation is 1. The van der Waals surface area contributed by atoms with E-state index in [-0.39, 0.29) is 6.04 Å². The Balaban J connectivity index is 2.11. The molecule has 0 aromatic heterocycles. The van der Waals surface area contributed by atoms with Gasteiger partial charge >= 0.3 is 0 Å². The topological polar surface area (TPSA) is 12.5 Å². The van der Waals surface area contributed by atoms with Crippen molar-refractivity contribution < 1.29 is 4.74 Å². The molecule has 1 aliphatic heterocycles. The fraction of sp³-hybridized carbons (Fsp3) is 0.333. The van der Waals surface area contributed by atoms with E-state index in [2.05, 4.69) is 55.3 Å². The van der Waals surface area contributed by atoms with Gasteiger partial charge in [0, 0.05) is 6.54 Å². The summed E-state index contributed by atoms with van der Waals surface area (Å²) in [6.45, 7) is 3.15. The van der Waals surface area contributed by atoms with E-state index in [9.17, 15) is 0 Å². The summed E-state index contributed by atoms with van der Waals surface area (Å²) < 4.78 is 5.40. The Labute approximate surface area is 131 Å². The molecule has 0 saturated heterocycles. The normalized spacial score (nSPS) is 18.4. The van der Waals surface area contributed by atoms with E-state index in [1.165, 1.54) is 22.3 Å². The van der Waals surface area contributed by atoms with Gasteiger partial charge in [0.1, 0.15) is 5.75 Å². The molecule has 0 saturated carbocycles. The van der Waals surface area contributed by atoms with Crippen molar-refractivity contribution in [3.05, 3.63) is 63.7 Å². The first-order valence-electron chi connectivity index (χ1n) is 7.23. The minimum absolute atomic E-state index is 0.264. The molecule has 3 rings (SSSR count). The fourth-order valence-corrected chi connectivity index (χ4v) is 3.35. The van der Waals surface area contributed by atoms with Crippen molar-refractivity contribution in [1.82, 2.24) is 4.90 Å². The van der Waals surface area contributed by atoms with Gasteiger partial charge in [0.15, 0.2) is 0 Å². The lowest BCUT2D eigenvalue weighted by Gasteiger charge is -2.35. The summed E-state index contributed by atoms with van der Waals surface area (Å²) in [5.41, 5.74) is 5.22. The summed E-state index contributed by atoms with van der Waals surface area (Å²) in [7, 11) is 3.84. The molecular weight excluding hydrogens is 282 g/mol. The average Bonchev–Trinajstić information content (AvgIpc) is 2.48. The minimum atomic E-state index is 0.264. The number of hydrogen-bond donors (Lipinski definition) is 0. The number of benzene rings is 2. The summed E-state index contributed by atoms with van der Waals surface area (Å²) in [6.07, 6.45) is 1.03. The lowest BCUT2D eigenvalue weighted by molar-refractivity contribution is 0.264. The number of fused-ring (bicyclic) bond motifs is 1. The van der Waals surface area contributed by atoms with Crippen molar-refractivity contribution in [3.8, 4) is 5.75 Å². The molecule has 3 heteroatoms. The molecule has 1 aliphatic rings. The summed E-state index contributed by atoms with van der Waals surface area (Å²) in [5, 5.41) is 0.698. The lowest BCUT2D eigenvalue weighted by atomic mass is 9.88. The van der Waals surface area contributed by atoms with Crippen molar-refractivity contribution in [2.45, 2.75) is 19.4 Å². The van der Waals surface area contributed by atoms with E-state index in [1.807, 2.05) is 0 Å². The molecule has 2 nitrogen and oxygen atoms in total. The first kappa shape index (κ1) is 14.4. The Morgan fingerprint density at radius 3 is 2.57 bits per heavy atom. The van der Waals surface area contributed by atoms with Crippen LogP contribution in [0.5, 0.6) is 5.75 Å². The molecule has 110 valence electrons. The highest BCUT2D eigenvalue weighted by atomic mass is 35.5. The van der Waals surface area contributed by atoms with Crippen LogP contribution in [0.3, 0.4) is 0 Å². The Bertz CT molecular complexity index is 651. The number of halogens is 1. The van der Waals surface area contributed by atoms with E-state index in [1.54, 1.807) is 7.11 Å². The number of likely N-dealkylation sites (N-methyl/N-ethyl adjacent to an activating group) is 1. The Kier molecular flexibility index (Phi) is 3.92. The van der Waals surface area contributed by atoms with Crippen LogP contribution in [0.4, 0.5) is 0 Å². The Morgan fingerprint density at radius 1 is 1.19 bits per heavy atom. The molecule has 21 heavy (non-hydrogen) atoms. The zero-order valence-corrected chi connectivity index (χ0v) is 13.4. The molecule has 0 aliphatic carbocycles. The highest BCUT2D eigenvalue weighted by molar-refractivity contribution is 6.32. The Hall–Kier alpha value is -1.51. The minimum Gasteiger partial charge on any atom is -0.495 e. The van der Waals surface area contributed by atoms with E-state index in [0.29, 0.717) is 5.02 Å². The van der Waals surface area contributed by atoms with Crippen LogP contribution in [0, 0.1) is 6.92 Å². The van der Waals surface area contributed by atoms with Gasteiger partial charge in [-0.2, -0.15) is 0 Å². The largest absolute Gasteiger partial charge is 0.495 e. The SMILES string of the molecule is COc1cc2c(cc1Cl)CCN(C)C2c1ccc(C)cc1. The number of hydrogen-bond acceptors (Lipinski definition) is 2. The molecule has 1 unspecified atom stereocenters. The van der Waals surface area contributed by atoms with Gasteiger partial charge in [-0.3, -0.25) is 4.90 Å². The maximum atomic E-state index is 6.27.